The van der Waals surface area contributed by atoms with Crippen LogP contribution < -0.4 is 19.3 Å². The molecule has 0 spiro atoms. The minimum absolute atomic E-state index is 0. The van der Waals surface area contributed by atoms with Crippen molar-refractivity contribution >= 4 is 148 Å². The van der Waals surface area contributed by atoms with Gasteiger partial charge in [-0.1, -0.05) is 219 Å². The number of rotatable bonds is 8. The SMILES string of the molecule is Cc1ccc2c(c1)N(c1[c-]cccc1)[CH-]N2c1ccccc1.Cc1cn2c3ccccc3c3ccc(Oc4cccc(-n5c6[c-]cccc6c6ccccc65)n4)[c-]c3c2n1.Cc1nc2c3[c-]c(Oc4[c-]c(-n5c6ccccc6c6cccnc65)ccc4)ccc3c3cccc4c3n2c1C(C)(C)C4(C)C.Cc1nc2c3[c-]cccc3c3c(C)ccc4c3n2c1CC4(C)C.[Ir].[Ir].[Pt+2].[Pt+2]. The number of aromatic nitrogens is 10. The fourth-order valence-corrected chi connectivity index (χ4v) is 20.1. The Hall–Kier alpha value is -12.7. The molecular weight excluding hydrogens is 2330 g/mol. The fourth-order valence-electron chi connectivity index (χ4n) is 20.1. The Morgan fingerprint density at radius 1 is 0.405 bits per heavy atom. The molecule has 0 amide bonds. The van der Waals surface area contributed by atoms with Crippen LogP contribution in [-0.2, 0) is 105 Å². The number of hydrogen-bond acceptors (Lipinski definition) is 9. The van der Waals surface area contributed by atoms with Crippen molar-refractivity contribution in [3.8, 4) is 34.6 Å². The van der Waals surface area contributed by atoms with Gasteiger partial charge in [0.1, 0.15) is 11.5 Å². The topological polar surface area (TPSA) is 112 Å². The van der Waals surface area contributed by atoms with Crippen LogP contribution in [0.15, 0.2) is 298 Å². The van der Waals surface area contributed by atoms with E-state index in [2.05, 4.69) is 333 Å². The zero-order valence-corrected chi connectivity index (χ0v) is 82.9. The van der Waals surface area contributed by atoms with Gasteiger partial charge in [0.2, 0.25) is 5.88 Å². The predicted octanol–water partition coefficient (Wildman–Crippen LogP) is 27.3. The molecule has 3 aliphatic heterocycles. The molecule has 0 N–H and O–H groups in total. The van der Waals surface area contributed by atoms with E-state index in [1.165, 1.54) is 77.6 Å². The van der Waals surface area contributed by atoms with Crippen molar-refractivity contribution in [1.82, 2.24) is 47.3 Å². The minimum Gasteiger partial charge on any atom is -0.503 e. The van der Waals surface area contributed by atoms with E-state index >= 15 is 0 Å². The largest absolute Gasteiger partial charge is 2.00 e. The molecule has 0 saturated heterocycles. The van der Waals surface area contributed by atoms with E-state index in [1.807, 2.05) is 116 Å². The Morgan fingerprint density at radius 2 is 1.02 bits per heavy atom. The molecule has 650 valence electrons. The average molecular weight is 2420 g/mol. The van der Waals surface area contributed by atoms with Crippen LogP contribution in [0.5, 0.6) is 23.1 Å². The van der Waals surface area contributed by atoms with Crippen LogP contribution in [0.2, 0.25) is 0 Å². The molecule has 26 rings (SSSR count). The molecule has 13 heterocycles. The number of imidazole rings is 3. The van der Waals surface area contributed by atoms with Crippen LogP contribution in [-0.4, -0.2) is 47.3 Å². The summed E-state index contributed by atoms with van der Waals surface area (Å²) in [5.74, 6) is 3.10. The monoisotopic (exact) mass is 2420 g/mol. The van der Waals surface area contributed by atoms with Crippen LogP contribution >= 0.6 is 0 Å². The third-order valence-electron chi connectivity index (χ3n) is 26.6. The number of para-hydroxylation sites is 7. The first-order chi connectivity index (χ1) is 61.8. The summed E-state index contributed by atoms with van der Waals surface area (Å²) < 4.78 is 24.0. The van der Waals surface area contributed by atoms with Crippen LogP contribution in [0, 0.1) is 77.7 Å². The van der Waals surface area contributed by atoms with Gasteiger partial charge in [0.25, 0.3) is 0 Å². The van der Waals surface area contributed by atoms with E-state index in [-0.39, 0.29) is 98.6 Å². The van der Waals surface area contributed by atoms with E-state index < -0.39 is 0 Å². The number of pyridine rings is 5. The summed E-state index contributed by atoms with van der Waals surface area (Å²) in [6.45, 7) is 26.8. The predicted molar refractivity (Wildman–Crippen MR) is 515 cm³/mol. The number of aryl methyl sites for hydroxylation is 5. The van der Waals surface area contributed by atoms with Gasteiger partial charge >= 0.3 is 42.1 Å². The van der Waals surface area contributed by atoms with E-state index in [0.717, 1.165) is 140 Å². The molecule has 0 fully saturated rings. The molecule has 2 radical (unpaired) electrons. The molecule has 0 saturated carbocycles. The standard InChI is InChI=1S/C39H30N4O.C33H20N4O.C21H19N2.C20H16N2.2Ir.2Pt/c1-23-35-39(4,5)38(2,3)32-16-9-14-29-27-19-18-26(22-31(27)37(41-23)43(35)34(29)32)44-25-12-8-11-24(21-25)42-33-17-7-6-13-28(33)30-15-10-20-40-36(30)42;1-21-20-36-28-12-5-2-9-24(28)23-18-17-22(19-27(23)33(36)34-21)38-32-16-8-15-31(35-32)37-29-13-6-3-10-25(29)26-11-4-7-14-30(26)37;1-12-9-10-16-19-18(12)14-7-5-6-8-15(14)20-22-13(2)17(23(19)20)11-21(16,3)4;1-16-12-13-19-20(14-16)22(18-10-6-3-7-11-18)15-21(19)17-8-4-2-5-9-17;;;;/h6-20H,1-5H3;2-13,15-18,20H,1H3;5-7,9-10H,11H2,1-4H3;2-10,12-15H,1H3;;;;/q2*-2;-1;-2;;;2*+2. The first-order valence-corrected chi connectivity index (χ1v) is 43.2. The summed E-state index contributed by atoms with van der Waals surface area (Å²) in [7, 11) is 0. The number of benzene rings is 13. The molecule has 0 aliphatic carbocycles. The number of hydrogen-bond donors (Lipinski definition) is 0. The molecule has 23 aromatic rings. The molecule has 13 aromatic carbocycles. The third kappa shape index (κ3) is 14.2. The van der Waals surface area contributed by atoms with Crippen molar-refractivity contribution < 1.29 is 91.8 Å². The van der Waals surface area contributed by atoms with Gasteiger partial charge in [-0.25, -0.2) is 4.98 Å². The Bertz CT molecular complexity index is 8400. The van der Waals surface area contributed by atoms with Gasteiger partial charge < -0.3 is 41.6 Å². The van der Waals surface area contributed by atoms with Gasteiger partial charge in [0.15, 0.2) is 0 Å². The Morgan fingerprint density at radius 3 is 1.79 bits per heavy atom. The number of anilines is 4. The molecule has 131 heavy (non-hydrogen) atoms. The maximum Gasteiger partial charge on any atom is 2.00 e. The molecule has 14 nitrogen and oxygen atoms in total. The molecule has 18 heteroatoms. The van der Waals surface area contributed by atoms with Crippen molar-refractivity contribution in [2.45, 2.75) is 98.8 Å². The molecule has 0 unspecified atom stereocenters. The zero-order chi connectivity index (χ0) is 86.0. The van der Waals surface area contributed by atoms with Crippen molar-refractivity contribution in [1.29, 1.82) is 0 Å². The van der Waals surface area contributed by atoms with Crippen LogP contribution in [0.25, 0.3) is 137 Å². The van der Waals surface area contributed by atoms with E-state index in [4.69, 9.17) is 34.4 Å². The summed E-state index contributed by atoms with van der Waals surface area (Å²) in [6, 6.07) is 119. The van der Waals surface area contributed by atoms with E-state index in [0.29, 0.717) is 23.1 Å². The minimum atomic E-state index is -0.114. The molecule has 0 atom stereocenters. The van der Waals surface area contributed by atoms with Crippen LogP contribution in [0.3, 0.4) is 0 Å². The Labute approximate surface area is 814 Å². The number of fused-ring (bicyclic) bond motifs is 19. The summed E-state index contributed by atoms with van der Waals surface area (Å²) in [5, 5.41) is 14.8. The van der Waals surface area contributed by atoms with E-state index in [1.54, 1.807) is 0 Å². The smallest absolute Gasteiger partial charge is 0.503 e. The molecule has 0 bridgehead atoms. The normalized spacial score (nSPS) is 13.6. The third-order valence-corrected chi connectivity index (χ3v) is 26.6. The van der Waals surface area contributed by atoms with Crippen molar-refractivity contribution in [2.75, 3.05) is 9.80 Å². The average Bonchev–Trinajstić information content (AvgIpc) is 1.58. The van der Waals surface area contributed by atoms with Crippen LogP contribution in [0.1, 0.15) is 92.3 Å². The Balaban J connectivity index is 0.000000116. The van der Waals surface area contributed by atoms with Gasteiger partial charge in [0.05, 0.1) is 22.5 Å². The van der Waals surface area contributed by atoms with Gasteiger partial charge in [-0.3, -0.25) is 15.0 Å². The first-order valence-electron chi connectivity index (χ1n) is 43.2. The summed E-state index contributed by atoms with van der Waals surface area (Å²) in [5.41, 5.74) is 27.2. The van der Waals surface area contributed by atoms with Crippen molar-refractivity contribution in [3.63, 3.8) is 0 Å². The number of nitrogens with zero attached hydrogens (tertiary/aromatic N) is 12. The molecule has 10 aromatic heterocycles. The second-order valence-electron chi connectivity index (χ2n) is 35.3. The fraction of sp³-hybridized carbons (Fsp3) is 0.133. The Kier molecular flexibility index (Phi) is 22.7. The summed E-state index contributed by atoms with van der Waals surface area (Å²) in [6.07, 6.45) is 4.93. The van der Waals surface area contributed by atoms with Crippen molar-refractivity contribution in [2.24, 2.45) is 0 Å². The first kappa shape index (κ1) is 87.6. The zero-order valence-electron chi connectivity index (χ0n) is 73.6. The molecule has 3 aliphatic rings. The maximum atomic E-state index is 6.48. The summed E-state index contributed by atoms with van der Waals surface area (Å²) >= 11 is 0. The van der Waals surface area contributed by atoms with Gasteiger partial charge in [0, 0.05) is 165 Å². The molecular formula is C113H85Ir2N12O2Pt2-3. The second kappa shape index (κ2) is 33.9. The van der Waals surface area contributed by atoms with E-state index in [9.17, 15) is 0 Å². The number of ether oxygens (including phenoxy) is 2. The quantitative estimate of drug-likeness (QED) is 0.108. The van der Waals surface area contributed by atoms with Gasteiger partial charge in [-0.15, -0.1) is 83.8 Å². The van der Waals surface area contributed by atoms with Gasteiger partial charge in [-0.2, -0.15) is 65.6 Å². The van der Waals surface area contributed by atoms with Crippen LogP contribution in [0.4, 0.5) is 22.7 Å². The van der Waals surface area contributed by atoms with Crippen molar-refractivity contribution in [3.05, 3.63) is 391 Å². The summed E-state index contributed by atoms with van der Waals surface area (Å²) in [4.78, 5) is 28.9. The maximum absolute atomic E-state index is 6.48. The van der Waals surface area contributed by atoms with Gasteiger partial charge in [-0.05, 0) is 145 Å². The second-order valence-corrected chi connectivity index (χ2v) is 35.3.